The molecule has 0 aliphatic carbocycles. The van der Waals surface area contributed by atoms with E-state index in [-0.39, 0.29) is 11.9 Å². The normalized spacial score (nSPS) is 16.3. The van der Waals surface area contributed by atoms with E-state index in [1.54, 1.807) is 6.92 Å². The molecule has 1 N–H and O–H groups in total. The molecule has 1 amide bonds. The van der Waals surface area contributed by atoms with Gasteiger partial charge < -0.3 is 10.1 Å². The highest BCUT2D eigenvalue weighted by atomic mass is 16.5. The lowest BCUT2D eigenvalue weighted by Crippen LogP contribution is -2.35. The maximum Gasteiger partial charge on any atom is 0.217 e. The summed E-state index contributed by atoms with van der Waals surface area (Å²) in [6.45, 7) is 5.24. The first kappa shape index (κ1) is 22.3. The van der Waals surface area contributed by atoms with Gasteiger partial charge in [0.2, 0.25) is 5.91 Å². The fraction of sp³-hybridized carbons (Fsp3) is 0.393. The van der Waals surface area contributed by atoms with E-state index in [9.17, 15) is 4.79 Å². The molecule has 1 unspecified atom stereocenters. The van der Waals surface area contributed by atoms with Crippen LogP contribution in [0.5, 0.6) is 5.75 Å². The molecule has 1 atom stereocenters. The van der Waals surface area contributed by atoms with E-state index in [4.69, 9.17) is 4.74 Å². The van der Waals surface area contributed by atoms with E-state index < -0.39 is 0 Å². The van der Waals surface area contributed by atoms with Crippen molar-refractivity contribution in [3.05, 3.63) is 77.9 Å². The van der Waals surface area contributed by atoms with Crippen molar-refractivity contribution in [3.63, 3.8) is 0 Å². The lowest BCUT2D eigenvalue weighted by Gasteiger charge is -2.17. The van der Waals surface area contributed by atoms with E-state index in [2.05, 4.69) is 76.9 Å². The molecule has 1 heterocycles. The van der Waals surface area contributed by atoms with Crippen molar-refractivity contribution in [2.75, 3.05) is 19.7 Å². The summed E-state index contributed by atoms with van der Waals surface area (Å²) in [5.41, 5.74) is 2.73. The summed E-state index contributed by atoms with van der Waals surface area (Å²) in [5.74, 6) is 1.01. The number of hydrogen-bond donors (Lipinski definition) is 1. The third kappa shape index (κ3) is 6.57. The molecule has 4 nitrogen and oxygen atoms in total. The average Bonchev–Trinajstić information content (AvgIpc) is 3.22. The molecule has 168 valence electrons. The Balaban J connectivity index is 1.22. The number of unbranched alkanes of at least 4 members (excludes halogenated alkanes) is 2. The molecule has 32 heavy (non-hydrogen) atoms. The van der Waals surface area contributed by atoms with Gasteiger partial charge in [0.15, 0.2) is 0 Å². The topological polar surface area (TPSA) is 41.6 Å². The number of amides is 1. The van der Waals surface area contributed by atoms with Gasteiger partial charge in [-0.1, -0.05) is 48.5 Å². The molecular weight excluding hydrogens is 396 g/mol. The quantitative estimate of drug-likeness (QED) is 0.441. The molecule has 1 saturated heterocycles. The van der Waals surface area contributed by atoms with Crippen LogP contribution in [0, 0.1) is 0 Å². The van der Waals surface area contributed by atoms with Crippen LogP contribution in [0.25, 0.3) is 10.8 Å². The zero-order chi connectivity index (χ0) is 22.2. The van der Waals surface area contributed by atoms with E-state index in [1.165, 1.54) is 34.7 Å². The third-order valence-electron chi connectivity index (χ3n) is 6.18. The number of nitrogens with zero attached hydrogens (tertiary/aromatic N) is 1. The minimum absolute atomic E-state index is 0.0627. The summed E-state index contributed by atoms with van der Waals surface area (Å²) in [7, 11) is 0. The Morgan fingerprint density at radius 3 is 2.62 bits per heavy atom. The van der Waals surface area contributed by atoms with Crippen LogP contribution in [0.15, 0.2) is 66.7 Å². The van der Waals surface area contributed by atoms with Crippen LogP contribution in [0.1, 0.15) is 43.7 Å². The highest BCUT2D eigenvalue weighted by molar-refractivity contribution is 5.84. The van der Waals surface area contributed by atoms with Gasteiger partial charge in [-0.2, -0.15) is 0 Å². The molecule has 3 aromatic carbocycles. The van der Waals surface area contributed by atoms with Gasteiger partial charge in [0, 0.05) is 32.6 Å². The lowest BCUT2D eigenvalue weighted by molar-refractivity contribution is -0.119. The smallest absolute Gasteiger partial charge is 0.217 e. The zero-order valence-electron chi connectivity index (χ0n) is 19.1. The monoisotopic (exact) mass is 430 g/mol. The first-order valence-electron chi connectivity index (χ1n) is 11.8. The molecule has 1 aliphatic rings. The Labute approximate surface area is 191 Å². The van der Waals surface area contributed by atoms with Gasteiger partial charge in [-0.25, -0.2) is 0 Å². The van der Waals surface area contributed by atoms with Crippen LogP contribution in [-0.2, 0) is 17.8 Å². The second kappa shape index (κ2) is 11.1. The summed E-state index contributed by atoms with van der Waals surface area (Å²) in [5, 5.41) is 5.50. The largest absolute Gasteiger partial charge is 0.494 e. The lowest BCUT2D eigenvalue weighted by atomic mass is 10.1. The SMILES string of the molecule is CC(=O)NC1CCN(Cc2ccc3cc(OCCCCCc4ccccc4)ccc3c2)C1. The predicted molar refractivity (Wildman–Crippen MR) is 131 cm³/mol. The van der Waals surface area contributed by atoms with Crippen molar-refractivity contribution in [1.29, 1.82) is 0 Å². The molecule has 0 saturated carbocycles. The zero-order valence-corrected chi connectivity index (χ0v) is 19.1. The Bertz CT molecular complexity index is 1020. The summed E-state index contributed by atoms with van der Waals surface area (Å²) in [6.07, 6.45) is 5.64. The van der Waals surface area contributed by atoms with Crippen molar-refractivity contribution < 1.29 is 9.53 Å². The summed E-state index contributed by atoms with van der Waals surface area (Å²) in [6, 6.07) is 24.0. The molecule has 0 radical (unpaired) electrons. The van der Waals surface area contributed by atoms with Crippen LogP contribution in [0.3, 0.4) is 0 Å². The Morgan fingerprint density at radius 1 is 0.969 bits per heavy atom. The van der Waals surface area contributed by atoms with Crippen molar-refractivity contribution in [2.45, 2.75) is 51.6 Å². The number of nitrogens with one attached hydrogen (secondary N) is 1. The summed E-state index contributed by atoms with van der Waals surface area (Å²) >= 11 is 0. The summed E-state index contributed by atoms with van der Waals surface area (Å²) < 4.78 is 6.00. The van der Waals surface area contributed by atoms with E-state index in [0.717, 1.165) is 51.3 Å². The van der Waals surface area contributed by atoms with Crippen LogP contribution >= 0.6 is 0 Å². The molecule has 0 spiro atoms. The van der Waals surface area contributed by atoms with Crippen LogP contribution < -0.4 is 10.1 Å². The van der Waals surface area contributed by atoms with Gasteiger partial charge >= 0.3 is 0 Å². The second-order valence-electron chi connectivity index (χ2n) is 8.91. The number of likely N-dealkylation sites (tertiary alicyclic amines) is 1. The molecule has 3 aromatic rings. The van der Waals surface area contributed by atoms with Crippen molar-refractivity contribution in [3.8, 4) is 5.75 Å². The number of aryl methyl sites for hydroxylation is 1. The molecule has 1 aliphatic heterocycles. The average molecular weight is 431 g/mol. The third-order valence-corrected chi connectivity index (χ3v) is 6.18. The Hall–Kier alpha value is -2.85. The first-order chi connectivity index (χ1) is 15.7. The minimum atomic E-state index is 0.0627. The fourth-order valence-electron chi connectivity index (χ4n) is 4.54. The maximum atomic E-state index is 11.3. The van der Waals surface area contributed by atoms with Gasteiger partial charge in [-0.05, 0) is 72.2 Å². The highest BCUT2D eigenvalue weighted by Gasteiger charge is 2.22. The van der Waals surface area contributed by atoms with Gasteiger partial charge in [0.05, 0.1) is 6.61 Å². The predicted octanol–water partition coefficient (Wildman–Crippen LogP) is 5.34. The molecule has 1 fully saturated rings. The number of ether oxygens (including phenoxy) is 1. The van der Waals surface area contributed by atoms with Gasteiger partial charge in [-0.15, -0.1) is 0 Å². The molecular formula is C28H34N2O2. The number of benzene rings is 3. The summed E-state index contributed by atoms with van der Waals surface area (Å²) in [4.78, 5) is 13.7. The number of rotatable bonds is 10. The van der Waals surface area contributed by atoms with Crippen LogP contribution in [0.4, 0.5) is 0 Å². The van der Waals surface area contributed by atoms with Crippen LogP contribution in [0.2, 0.25) is 0 Å². The Kier molecular flexibility index (Phi) is 7.78. The fourth-order valence-corrected chi connectivity index (χ4v) is 4.54. The molecule has 4 heteroatoms. The standard InChI is InChI=1S/C28H34N2O2/c1-22(31)29-27-15-16-30(21-27)20-24-11-12-26-19-28(14-13-25(26)18-24)32-17-7-3-6-10-23-8-4-2-5-9-23/h2,4-5,8-9,11-14,18-19,27H,3,6-7,10,15-17,20-21H2,1H3,(H,29,31). The van der Waals surface area contributed by atoms with E-state index >= 15 is 0 Å². The first-order valence-corrected chi connectivity index (χ1v) is 11.8. The Morgan fingerprint density at radius 2 is 1.78 bits per heavy atom. The van der Waals surface area contributed by atoms with Crippen molar-refractivity contribution in [1.82, 2.24) is 10.2 Å². The second-order valence-corrected chi connectivity index (χ2v) is 8.91. The molecule has 0 aromatic heterocycles. The van der Waals surface area contributed by atoms with Crippen LogP contribution in [-0.4, -0.2) is 36.5 Å². The number of carbonyl (C=O) groups is 1. The van der Waals surface area contributed by atoms with Gasteiger partial charge in [0.1, 0.15) is 5.75 Å². The van der Waals surface area contributed by atoms with Crippen molar-refractivity contribution in [2.24, 2.45) is 0 Å². The molecule has 4 rings (SSSR count). The van der Waals surface area contributed by atoms with Gasteiger partial charge in [0.25, 0.3) is 0 Å². The number of fused-ring (bicyclic) bond motifs is 1. The maximum absolute atomic E-state index is 11.3. The van der Waals surface area contributed by atoms with E-state index in [0.29, 0.717) is 0 Å². The molecule has 0 bridgehead atoms. The number of carbonyl (C=O) groups excluding carboxylic acids is 1. The number of hydrogen-bond acceptors (Lipinski definition) is 3. The highest BCUT2D eigenvalue weighted by Crippen LogP contribution is 2.24. The van der Waals surface area contributed by atoms with Gasteiger partial charge in [-0.3, -0.25) is 9.69 Å². The minimum Gasteiger partial charge on any atom is -0.494 e. The van der Waals surface area contributed by atoms with E-state index in [1.807, 2.05) is 0 Å². The van der Waals surface area contributed by atoms with Crippen molar-refractivity contribution >= 4 is 16.7 Å².